The number of anilines is 3. The molecule has 8 nitrogen and oxygen atoms in total. The molecule has 2 aliphatic carbocycles. The molecule has 5 rings (SSSR count). The van der Waals surface area contributed by atoms with E-state index in [4.69, 9.17) is 15.1 Å². The molecule has 1 amide bonds. The summed E-state index contributed by atoms with van der Waals surface area (Å²) in [6, 6.07) is 0. The second-order valence-corrected chi connectivity index (χ2v) is 16.1. The van der Waals surface area contributed by atoms with E-state index in [2.05, 4.69) is 48.8 Å². The molecule has 176 valence electrons. The minimum absolute atomic E-state index is 0.0150. The predicted molar refractivity (Wildman–Crippen MR) is 130 cm³/mol. The van der Waals surface area contributed by atoms with Crippen LogP contribution >= 0.6 is 0 Å². The second kappa shape index (κ2) is 7.56. The molecular weight excluding hydrogens is 432 g/mol. The molecule has 2 aromatic rings. The van der Waals surface area contributed by atoms with Crippen LogP contribution in [0.2, 0.25) is 18.1 Å². The number of hydrogen-bond donors (Lipinski definition) is 1. The highest BCUT2D eigenvalue weighted by Crippen LogP contribution is 2.54. The maximum Gasteiger partial charge on any atom is 0.243 e. The normalized spacial score (nSPS) is 20.0. The zero-order valence-electron chi connectivity index (χ0n) is 20.3. The Kier molecular flexibility index (Phi) is 5.13. The molecule has 2 aromatic heterocycles. The summed E-state index contributed by atoms with van der Waals surface area (Å²) in [5.41, 5.74) is 7.29. The monoisotopic (exact) mass is 466 g/mol. The highest BCUT2D eigenvalue weighted by atomic mass is 28.4. The lowest BCUT2D eigenvalue weighted by atomic mass is 9.80. The van der Waals surface area contributed by atoms with Gasteiger partial charge >= 0.3 is 0 Å². The Balaban J connectivity index is 1.54. The standard InChI is InChI=1S/C24H34N6O2Si/c1-23(2,3)33(4,5)32-14-17-28-19(25)18-21(29-17)30(22(31)24(18)10-6-7-11-24)16-12-26-20(27-13-16)15-8-9-15/h12-13,15H,6-11,14H2,1-5H3,(H2,25,28,29). The number of carbonyl (C=O) groups excluding carboxylic acids is 1. The molecule has 1 spiro atoms. The van der Waals surface area contributed by atoms with Crippen molar-refractivity contribution < 1.29 is 9.22 Å². The Labute approximate surface area is 196 Å². The SMILES string of the molecule is CC(C)(C)[Si](C)(C)OCc1nc(N)c2c(n1)N(c1cnc(C3CC3)nc1)C(=O)C21CCCC1. The molecular formula is C24H34N6O2Si. The first-order valence-corrected chi connectivity index (χ1v) is 14.9. The van der Waals surface area contributed by atoms with Crippen molar-refractivity contribution in [1.82, 2.24) is 19.9 Å². The van der Waals surface area contributed by atoms with E-state index in [1.165, 1.54) is 0 Å². The van der Waals surface area contributed by atoms with Crippen LogP contribution < -0.4 is 10.6 Å². The molecule has 0 atom stereocenters. The van der Waals surface area contributed by atoms with Crippen LogP contribution in [0, 0.1) is 0 Å². The van der Waals surface area contributed by atoms with Crippen LogP contribution in [0.3, 0.4) is 0 Å². The highest BCUT2D eigenvalue weighted by Gasteiger charge is 2.55. The van der Waals surface area contributed by atoms with Gasteiger partial charge in [-0.25, -0.2) is 19.9 Å². The topological polar surface area (TPSA) is 107 Å². The van der Waals surface area contributed by atoms with Gasteiger partial charge in [-0.15, -0.1) is 0 Å². The van der Waals surface area contributed by atoms with Crippen molar-refractivity contribution in [3.63, 3.8) is 0 Å². The molecule has 2 saturated carbocycles. The summed E-state index contributed by atoms with van der Waals surface area (Å²) >= 11 is 0. The molecule has 3 heterocycles. The summed E-state index contributed by atoms with van der Waals surface area (Å²) in [4.78, 5) is 34.1. The maximum absolute atomic E-state index is 13.9. The number of nitrogens with zero attached hydrogens (tertiary/aromatic N) is 5. The fraction of sp³-hybridized carbons (Fsp3) is 0.625. The van der Waals surface area contributed by atoms with Crippen LogP contribution in [0.15, 0.2) is 12.4 Å². The van der Waals surface area contributed by atoms with Gasteiger partial charge in [0.1, 0.15) is 17.5 Å². The van der Waals surface area contributed by atoms with E-state index < -0.39 is 13.7 Å². The van der Waals surface area contributed by atoms with Gasteiger partial charge in [-0.05, 0) is 43.8 Å². The fourth-order valence-electron chi connectivity index (χ4n) is 4.76. The molecule has 1 aliphatic heterocycles. The number of fused-ring (bicyclic) bond motifs is 2. The van der Waals surface area contributed by atoms with Crippen molar-refractivity contribution in [2.75, 3.05) is 10.6 Å². The van der Waals surface area contributed by atoms with Gasteiger partial charge in [-0.1, -0.05) is 33.6 Å². The first kappa shape index (κ1) is 22.4. The Morgan fingerprint density at radius 2 is 1.79 bits per heavy atom. The largest absolute Gasteiger partial charge is 0.409 e. The second-order valence-electron chi connectivity index (χ2n) is 11.3. The van der Waals surface area contributed by atoms with Crippen molar-refractivity contribution in [2.45, 2.75) is 95.4 Å². The van der Waals surface area contributed by atoms with Gasteiger partial charge in [0.2, 0.25) is 5.91 Å². The van der Waals surface area contributed by atoms with Crippen LogP contribution in [0.25, 0.3) is 0 Å². The summed E-state index contributed by atoms with van der Waals surface area (Å²) in [5.74, 6) is 2.81. The molecule has 0 radical (unpaired) electrons. The van der Waals surface area contributed by atoms with Gasteiger partial charge < -0.3 is 10.2 Å². The zero-order chi connectivity index (χ0) is 23.6. The lowest BCUT2D eigenvalue weighted by molar-refractivity contribution is -0.122. The Morgan fingerprint density at radius 3 is 2.36 bits per heavy atom. The average molecular weight is 467 g/mol. The third-order valence-electron chi connectivity index (χ3n) is 7.95. The van der Waals surface area contributed by atoms with E-state index in [1.54, 1.807) is 17.3 Å². The van der Waals surface area contributed by atoms with Crippen molar-refractivity contribution >= 4 is 31.5 Å². The molecule has 0 aromatic carbocycles. The van der Waals surface area contributed by atoms with Gasteiger partial charge in [-0.3, -0.25) is 9.69 Å². The quantitative estimate of drug-likeness (QED) is 0.634. The van der Waals surface area contributed by atoms with Crippen molar-refractivity contribution in [3.8, 4) is 0 Å². The summed E-state index contributed by atoms with van der Waals surface area (Å²) in [6.45, 7) is 11.3. The number of aromatic nitrogens is 4. The van der Waals surface area contributed by atoms with E-state index in [0.29, 0.717) is 29.1 Å². The van der Waals surface area contributed by atoms with E-state index in [0.717, 1.165) is 49.9 Å². The number of nitrogen functional groups attached to an aromatic ring is 1. The third kappa shape index (κ3) is 3.65. The third-order valence-corrected chi connectivity index (χ3v) is 12.4. The molecule has 33 heavy (non-hydrogen) atoms. The van der Waals surface area contributed by atoms with Gasteiger partial charge in [-0.2, -0.15) is 0 Å². The van der Waals surface area contributed by atoms with Crippen molar-refractivity contribution in [2.24, 2.45) is 0 Å². The van der Waals surface area contributed by atoms with Crippen LogP contribution in [-0.2, 0) is 21.2 Å². The number of hydrogen-bond acceptors (Lipinski definition) is 7. The smallest absolute Gasteiger partial charge is 0.243 e. The van der Waals surface area contributed by atoms with E-state index in [-0.39, 0.29) is 17.6 Å². The highest BCUT2D eigenvalue weighted by molar-refractivity contribution is 6.74. The molecule has 0 unspecified atom stereocenters. The molecule has 9 heteroatoms. The van der Waals surface area contributed by atoms with E-state index >= 15 is 0 Å². The molecule has 2 fully saturated rings. The number of rotatable bonds is 5. The maximum atomic E-state index is 13.9. The number of nitrogens with two attached hydrogens (primary N) is 1. The minimum Gasteiger partial charge on any atom is -0.409 e. The lowest BCUT2D eigenvalue weighted by Crippen LogP contribution is -2.40. The van der Waals surface area contributed by atoms with Gasteiger partial charge in [0.05, 0.1) is 35.7 Å². The molecule has 2 N–H and O–H groups in total. The van der Waals surface area contributed by atoms with Gasteiger partial charge in [0.25, 0.3) is 0 Å². The Hall–Kier alpha value is -2.39. The molecule has 0 bridgehead atoms. The summed E-state index contributed by atoms with van der Waals surface area (Å²) in [6.07, 6.45) is 9.29. The lowest BCUT2D eigenvalue weighted by Gasteiger charge is -2.35. The summed E-state index contributed by atoms with van der Waals surface area (Å²) < 4.78 is 6.36. The van der Waals surface area contributed by atoms with Crippen LogP contribution in [-0.4, -0.2) is 34.2 Å². The van der Waals surface area contributed by atoms with Crippen molar-refractivity contribution in [1.29, 1.82) is 0 Å². The van der Waals surface area contributed by atoms with E-state index in [1.807, 2.05) is 0 Å². The summed E-state index contributed by atoms with van der Waals surface area (Å²) in [5, 5.41) is 0.0752. The molecule has 0 saturated heterocycles. The average Bonchev–Trinajstić information content (AvgIpc) is 3.43. The predicted octanol–water partition coefficient (Wildman–Crippen LogP) is 4.74. The minimum atomic E-state index is -1.99. The number of amides is 1. The van der Waals surface area contributed by atoms with Crippen LogP contribution in [0.4, 0.5) is 17.3 Å². The first-order valence-electron chi connectivity index (χ1n) is 12.0. The molecule has 3 aliphatic rings. The van der Waals surface area contributed by atoms with Crippen molar-refractivity contribution in [3.05, 3.63) is 29.6 Å². The fourth-order valence-corrected chi connectivity index (χ4v) is 5.68. The van der Waals surface area contributed by atoms with Crippen LogP contribution in [0.1, 0.15) is 82.4 Å². The van der Waals surface area contributed by atoms with E-state index in [9.17, 15) is 4.79 Å². The Morgan fingerprint density at radius 1 is 1.15 bits per heavy atom. The van der Waals surface area contributed by atoms with Gasteiger partial charge in [0, 0.05) is 5.92 Å². The number of carbonyl (C=O) groups is 1. The Bertz CT molecular complexity index is 1090. The summed E-state index contributed by atoms with van der Waals surface area (Å²) in [7, 11) is -1.99. The van der Waals surface area contributed by atoms with Crippen LogP contribution in [0.5, 0.6) is 0 Å². The van der Waals surface area contributed by atoms with Gasteiger partial charge in [0.15, 0.2) is 14.1 Å². The first-order chi connectivity index (χ1) is 15.5. The zero-order valence-corrected chi connectivity index (χ0v) is 21.3.